The second-order valence-corrected chi connectivity index (χ2v) is 5.57. The Balaban J connectivity index is 1.90. The van der Waals surface area contributed by atoms with Gasteiger partial charge in [-0.05, 0) is 30.7 Å². The van der Waals surface area contributed by atoms with E-state index in [1.54, 1.807) is 13.1 Å². The van der Waals surface area contributed by atoms with Gasteiger partial charge in [-0.15, -0.1) is 0 Å². The molecule has 2 aromatic rings. The first kappa shape index (κ1) is 19.4. The molecule has 0 bridgehead atoms. The van der Waals surface area contributed by atoms with Crippen molar-refractivity contribution in [3.05, 3.63) is 72.3 Å². The van der Waals surface area contributed by atoms with E-state index in [1.165, 1.54) is 0 Å². The van der Waals surface area contributed by atoms with E-state index in [0.717, 1.165) is 28.6 Å². The van der Waals surface area contributed by atoms with Gasteiger partial charge in [0.15, 0.2) is 5.96 Å². The zero-order valence-corrected chi connectivity index (χ0v) is 15.5. The molecule has 0 aliphatic heterocycles. The fourth-order valence-corrected chi connectivity index (χ4v) is 2.44. The summed E-state index contributed by atoms with van der Waals surface area (Å²) < 4.78 is 11.2. The summed E-state index contributed by atoms with van der Waals surface area (Å²) >= 11 is 0. The molecule has 0 radical (unpaired) electrons. The molecule has 0 heterocycles. The van der Waals surface area contributed by atoms with Gasteiger partial charge < -0.3 is 20.1 Å². The predicted octanol–water partition coefficient (Wildman–Crippen LogP) is 3.52. The van der Waals surface area contributed by atoms with E-state index >= 15 is 0 Å². The maximum atomic E-state index is 5.69. The molecule has 0 aromatic heterocycles. The highest BCUT2D eigenvalue weighted by Crippen LogP contribution is 2.17. The molecular formula is C21H27N3O2. The van der Waals surface area contributed by atoms with Crippen LogP contribution in [-0.4, -0.2) is 26.2 Å². The maximum absolute atomic E-state index is 5.69. The van der Waals surface area contributed by atoms with Gasteiger partial charge >= 0.3 is 0 Å². The molecule has 0 amide bonds. The van der Waals surface area contributed by atoms with E-state index in [-0.39, 0.29) is 0 Å². The molecule has 138 valence electrons. The van der Waals surface area contributed by atoms with Gasteiger partial charge in [0.25, 0.3) is 0 Å². The van der Waals surface area contributed by atoms with Crippen LogP contribution in [-0.2, 0) is 13.1 Å². The number of benzene rings is 2. The normalized spacial score (nSPS) is 10.9. The second kappa shape index (κ2) is 10.8. The average Bonchev–Trinajstić information content (AvgIpc) is 2.68. The fourth-order valence-electron chi connectivity index (χ4n) is 2.44. The van der Waals surface area contributed by atoms with Crippen molar-refractivity contribution in [1.29, 1.82) is 0 Å². The topological polar surface area (TPSA) is 54.9 Å². The minimum atomic E-state index is 0.486. The van der Waals surface area contributed by atoms with E-state index in [1.807, 2.05) is 49.4 Å². The molecule has 0 aliphatic carbocycles. The van der Waals surface area contributed by atoms with Crippen LogP contribution in [0, 0.1) is 0 Å². The molecular weight excluding hydrogens is 326 g/mol. The highest BCUT2D eigenvalue weighted by molar-refractivity contribution is 5.79. The van der Waals surface area contributed by atoms with Crippen molar-refractivity contribution in [2.24, 2.45) is 4.99 Å². The third-order valence-electron chi connectivity index (χ3n) is 3.67. The maximum Gasteiger partial charge on any atom is 0.191 e. The SMILES string of the molecule is C=CCOc1ccccc1CNC(=NC)NCc1cccc(OCC)c1. The van der Waals surface area contributed by atoms with E-state index in [2.05, 4.69) is 28.3 Å². The van der Waals surface area contributed by atoms with Crippen LogP contribution in [0.3, 0.4) is 0 Å². The fraction of sp³-hybridized carbons (Fsp3) is 0.286. The highest BCUT2D eigenvalue weighted by Gasteiger charge is 2.04. The predicted molar refractivity (Wildman–Crippen MR) is 107 cm³/mol. The Bertz CT molecular complexity index is 729. The zero-order valence-electron chi connectivity index (χ0n) is 15.5. The van der Waals surface area contributed by atoms with Crippen molar-refractivity contribution >= 4 is 5.96 Å². The Hall–Kier alpha value is -2.95. The van der Waals surface area contributed by atoms with Gasteiger partial charge in [-0.3, -0.25) is 4.99 Å². The molecule has 0 fully saturated rings. The van der Waals surface area contributed by atoms with Crippen LogP contribution in [0.25, 0.3) is 0 Å². The second-order valence-electron chi connectivity index (χ2n) is 5.57. The number of rotatable bonds is 9. The van der Waals surface area contributed by atoms with Crippen molar-refractivity contribution < 1.29 is 9.47 Å². The lowest BCUT2D eigenvalue weighted by Crippen LogP contribution is -2.36. The average molecular weight is 353 g/mol. The van der Waals surface area contributed by atoms with Crippen LogP contribution in [0.15, 0.2) is 66.2 Å². The molecule has 2 aromatic carbocycles. The van der Waals surface area contributed by atoms with Gasteiger partial charge in [-0.25, -0.2) is 0 Å². The largest absolute Gasteiger partial charge is 0.494 e. The number of nitrogens with one attached hydrogen (secondary N) is 2. The Kier molecular flexibility index (Phi) is 8.06. The lowest BCUT2D eigenvalue weighted by atomic mass is 10.2. The molecule has 5 heteroatoms. The van der Waals surface area contributed by atoms with Crippen LogP contribution >= 0.6 is 0 Å². The molecule has 0 saturated carbocycles. The van der Waals surface area contributed by atoms with Crippen LogP contribution in [0.5, 0.6) is 11.5 Å². The number of hydrogen-bond donors (Lipinski definition) is 2. The quantitative estimate of drug-likeness (QED) is 0.411. The molecule has 0 saturated heterocycles. The van der Waals surface area contributed by atoms with Gasteiger partial charge in [0, 0.05) is 25.7 Å². The Labute approximate surface area is 155 Å². The Morgan fingerprint density at radius 3 is 2.65 bits per heavy atom. The molecule has 5 nitrogen and oxygen atoms in total. The summed E-state index contributed by atoms with van der Waals surface area (Å²) in [7, 11) is 1.76. The molecule has 0 spiro atoms. The summed E-state index contributed by atoms with van der Waals surface area (Å²) in [6.45, 7) is 8.09. The Morgan fingerprint density at radius 2 is 1.88 bits per heavy atom. The number of hydrogen-bond acceptors (Lipinski definition) is 3. The smallest absolute Gasteiger partial charge is 0.191 e. The van der Waals surface area contributed by atoms with Crippen molar-refractivity contribution in [1.82, 2.24) is 10.6 Å². The standard InChI is InChI=1S/C21H27N3O2/c1-4-13-26-20-12-7-6-10-18(20)16-24-21(22-3)23-15-17-9-8-11-19(14-17)25-5-2/h4,6-12,14H,1,5,13,15-16H2,2-3H3,(H2,22,23,24). The Morgan fingerprint density at radius 1 is 1.08 bits per heavy atom. The summed E-state index contributed by atoms with van der Waals surface area (Å²) in [6.07, 6.45) is 1.74. The van der Waals surface area contributed by atoms with Crippen molar-refractivity contribution in [2.45, 2.75) is 20.0 Å². The summed E-state index contributed by atoms with van der Waals surface area (Å²) in [5.41, 5.74) is 2.20. The van der Waals surface area contributed by atoms with Gasteiger partial charge in [-0.1, -0.05) is 43.0 Å². The lowest BCUT2D eigenvalue weighted by molar-refractivity contribution is 0.340. The van der Waals surface area contributed by atoms with Crippen molar-refractivity contribution in [3.8, 4) is 11.5 Å². The molecule has 0 aliphatic rings. The van der Waals surface area contributed by atoms with E-state index in [0.29, 0.717) is 26.3 Å². The van der Waals surface area contributed by atoms with Gasteiger partial charge in [0.05, 0.1) is 6.61 Å². The van der Waals surface area contributed by atoms with Gasteiger partial charge in [-0.2, -0.15) is 0 Å². The lowest BCUT2D eigenvalue weighted by Gasteiger charge is -2.14. The van der Waals surface area contributed by atoms with Crippen molar-refractivity contribution in [2.75, 3.05) is 20.3 Å². The minimum absolute atomic E-state index is 0.486. The summed E-state index contributed by atoms with van der Waals surface area (Å²) in [6, 6.07) is 16.0. The third kappa shape index (κ3) is 6.16. The zero-order chi connectivity index (χ0) is 18.6. The summed E-state index contributed by atoms with van der Waals surface area (Å²) in [4.78, 5) is 4.27. The summed E-state index contributed by atoms with van der Waals surface area (Å²) in [5.74, 6) is 2.45. The number of guanidine groups is 1. The van der Waals surface area contributed by atoms with Crippen LogP contribution in [0.1, 0.15) is 18.1 Å². The number of para-hydroxylation sites is 1. The highest BCUT2D eigenvalue weighted by atomic mass is 16.5. The first-order chi connectivity index (χ1) is 12.8. The van der Waals surface area contributed by atoms with Gasteiger partial charge in [0.2, 0.25) is 0 Å². The third-order valence-corrected chi connectivity index (χ3v) is 3.67. The van der Waals surface area contributed by atoms with E-state index < -0.39 is 0 Å². The first-order valence-corrected chi connectivity index (χ1v) is 8.74. The van der Waals surface area contributed by atoms with Crippen LogP contribution < -0.4 is 20.1 Å². The molecule has 0 unspecified atom stereocenters. The summed E-state index contributed by atoms with van der Waals surface area (Å²) in [5, 5.41) is 6.63. The minimum Gasteiger partial charge on any atom is -0.494 e. The van der Waals surface area contributed by atoms with Crippen LogP contribution in [0.2, 0.25) is 0 Å². The number of nitrogens with zero attached hydrogens (tertiary/aromatic N) is 1. The first-order valence-electron chi connectivity index (χ1n) is 8.74. The van der Waals surface area contributed by atoms with Gasteiger partial charge in [0.1, 0.15) is 18.1 Å². The molecule has 26 heavy (non-hydrogen) atoms. The molecule has 2 N–H and O–H groups in total. The monoisotopic (exact) mass is 353 g/mol. The van der Waals surface area contributed by atoms with Crippen LogP contribution in [0.4, 0.5) is 0 Å². The molecule has 2 rings (SSSR count). The number of aliphatic imine (C=N–C) groups is 1. The van der Waals surface area contributed by atoms with E-state index in [4.69, 9.17) is 9.47 Å². The number of ether oxygens (including phenoxy) is 2. The molecule has 0 atom stereocenters. The van der Waals surface area contributed by atoms with Crippen molar-refractivity contribution in [3.63, 3.8) is 0 Å². The van der Waals surface area contributed by atoms with E-state index in [9.17, 15) is 0 Å².